The normalized spacial score (nSPS) is 17.0. The number of amides is 1. The topological polar surface area (TPSA) is 91.7 Å². The molecule has 7 nitrogen and oxygen atoms in total. The molecule has 35 heavy (non-hydrogen) atoms. The van der Waals surface area contributed by atoms with Crippen molar-refractivity contribution in [3.63, 3.8) is 0 Å². The maximum absolute atomic E-state index is 12.4. The lowest BCUT2D eigenvalue weighted by Gasteiger charge is -2.30. The smallest absolute Gasteiger partial charge is 0.248 e. The summed E-state index contributed by atoms with van der Waals surface area (Å²) >= 11 is 0. The standard InChI is InChI=1S/C27H31N3O4S/c1-21-4-2-16-30(19-21)20-23-6-11-24(12-7-23)29-27(31)15-10-22-8-13-26(14-9-22)35(32,33)28-18-25-5-3-17-34-25/h3,5-15,17,21,28H,2,4,16,18-20H2,1H3,(H,29,31). The molecular formula is C27H31N3O4S. The van der Waals surface area contributed by atoms with E-state index in [-0.39, 0.29) is 17.3 Å². The summed E-state index contributed by atoms with van der Waals surface area (Å²) < 4.78 is 32.5. The number of carbonyl (C=O) groups excluding carboxylic acids is 1. The average molecular weight is 494 g/mol. The predicted molar refractivity (Wildman–Crippen MR) is 137 cm³/mol. The maximum atomic E-state index is 12.4. The summed E-state index contributed by atoms with van der Waals surface area (Å²) in [7, 11) is -3.66. The molecule has 184 valence electrons. The summed E-state index contributed by atoms with van der Waals surface area (Å²) in [5.41, 5.74) is 2.69. The van der Waals surface area contributed by atoms with Gasteiger partial charge < -0.3 is 9.73 Å². The van der Waals surface area contributed by atoms with E-state index < -0.39 is 10.0 Å². The van der Waals surface area contributed by atoms with Crippen LogP contribution in [0.4, 0.5) is 5.69 Å². The molecule has 1 saturated heterocycles. The molecule has 0 radical (unpaired) electrons. The van der Waals surface area contributed by atoms with E-state index in [9.17, 15) is 13.2 Å². The van der Waals surface area contributed by atoms with E-state index >= 15 is 0 Å². The van der Waals surface area contributed by atoms with Crippen LogP contribution in [0, 0.1) is 5.92 Å². The predicted octanol–water partition coefficient (Wildman–Crippen LogP) is 4.64. The quantitative estimate of drug-likeness (QED) is 0.424. The van der Waals surface area contributed by atoms with Crippen LogP contribution >= 0.6 is 0 Å². The van der Waals surface area contributed by atoms with Gasteiger partial charge in [-0.25, -0.2) is 13.1 Å². The Morgan fingerprint density at radius 2 is 1.89 bits per heavy atom. The monoisotopic (exact) mass is 493 g/mol. The average Bonchev–Trinajstić information content (AvgIpc) is 3.37. The van der Waals surface area contributed by atoms with Crippen LogP contribution in [0.3, 0.4) is 0 Å². The number of benzene rings is 2. The van der Waals surface area contributed by atoms with Crippen molar-refractivity contribution in [1.29, 1.82) is 0 Å². The van der Waals surface area contributed by atoms with Crippen molar-refractivity contribution in [3.8, 4) is 0 Å². The van der Waals surface area contributed by atoms with Crippen LogP contribution in [-0.4, -0.2) is 32.3 Å². The summed E-state index contributed by atoms with van der Waals surface area (Å²) in [4.78, 5) is 15.0. The van der Waals surface area contributed by atoms with E-state index in [0.717, 1.165) is 36.8 Å². The van der Waals surface area contributed by atoms with Gasteiger partial charge in [-0.1, -0.05) is 31.2 Å². The van der Waals surface area contributed by atoms with Gasteiger partial charge in [0.15, 0.2) is 0 Å². The highest BCUT2D eigenvalue weighted by atomic mass is 32.2. The van der Waals surface area contributed by atoms with E-state index in [1.54, 1.807) is 30.3 Å². The molecule has 1 fully saturated rings. The fourth-order valence-electron chi connectivity index (χ4n) is 4.16. The molecule has 1 atom stereocenters. The van der Waals surface area contributed by atoms with Crippen LogP contribution in [0.5, 0.6) is 0 Å². The highest BCUT2D eigenvalue weighted by Crippen LogP contribution is 2.19. The van der Waals surface area contributed by atoms with E-state index in [1.807, 2.05) is 12.1 Å². The van der Waals surface area contributed by atoms with Crippen molar-refractivity contribution in [2.75, 3.05) is 18.4 Å². The summed E-state index contributed by atoms with van der Waals surface area (Å²) in [5, 5.41) is 2.86. The molecule has 4 rings (SSSR count). The lowest BCUT2D eigenvalue weighted by atomic mass is 10.00. The van der Waals surface area contributed by atoms with Gasteiger partial charge in [0.25, 0.3) is 0 Å². The van der Waals surface area contributed by atoms with Gasteiger partial charge in [-0.15, -0.1) is 0 Å². The van der Waals surface area contributed by atoms with E-state index in [1.165, 1.54) is 42.9 Å². The van der Waals surface area contributed by atoms with E-state index in [0.29, 0.717) is 5.76 Å². The maximum Gasteiger partial charge on any atom is 0.248 e. The zero-order chi connectivity index (χ0) is 24.7. The number of nitrogens with zero attached hydrogens (tertiary/aromatic N) is 1. The number of hydrogen-bond donors (Lipinski definition) is 2. The van der Waals surface area contributed by atoms with Crippen molar-refractivity contribution < 1.29 is 17.6 Å². The van der Waals surface area contributed by atoms with Gasteiger partial charge in [0.2, 0.25) is 15.9 Å². The lowest BCUT2D eigenvalue weighted by molar-refractivity contribution is -0.111. The number of hydrogen-bond acceptors (Lipinski definition) is 5. The zero-order valence-corrected chi connectivity index (χ0v) is 20.6. The molecule has 2 aromatic carbocycles. The van der Waals surface area contributed by atoms with Gasteiger partial charge >= 0.3 is 0 Å². The first kappa shape index (κ1) is 24.9. The minimum atomic E-state index is -3.66. The molecule has 0 spiro atoms. The first-order chi connectivity index (χ1) is 16.9. The molecule has 8 heteroatoms. The van der Waals surface area contributed by atoms with Gasteiger partial charge in [0.05, 0.1) is 17.7 Å². The van der Waals surface area contributed by atoms with Crippen LogP contribution in [0.1, 0.15) is 36.7 Å². The number of likely N-dealkylation sites (tertiary alicyclic amines) is 1. The molecule has 1 amide bonds. The number of carbonyl (C=O) groups is 1. The van der Waals surface area contributed by atoms with Gasteiger partial charge in [-0.3, -0.25) is 9.69 Å². The minimum Gasteiger partial charge on any atom is -0.468 e. The number of nitrogens with one attached hydrogen (secondary N) is 2. The summed E-state index contributed by atoms with van der Waals surface area (Å²) in [5.74, 6) is 1.03. The number of piperidine rings is 1. The van der Waals surface area contributed by atoms with Crippen molar-refractivity contribution in [3.05, 3.63) is 89.9 Å². The van der Waals surface area contributed by atoms with Crippen LogP contribution in [-0.2, 0) is 27.9 Å². The second-order valence-electron chi connectivity index (χ2n) is 8.97. The fraction of sp³-hybridized carbons (Fsp3) is 0.296. The minimum absolute atomic E-state index is 0.0790. The summed E-state index contributed by atoms with van der Waals surface area (Å²) in [6, 6.07) is 17.7. The number of furan rings is 1. The molecule has 2 heterocycles. The first-order valence-corrected chi connectivity index (χ1v) is 13.3. The molecule has 1 aliphatic rings. The highest BCUT2D eigenvalue weighted by Gasteiger charge is 2.16. The Labute approximate surface area is 206 Å². The van der Waals surface area contributed by atoms with Crippen LogP contribution in [0.2, 0.25) is 0 Å². The zero-order valence-electron chi connectivity index (χ0n) is 19.8. The third-order valence-corrected chi connectivity index (χ3v) is 7.42. The fourth-order valence-corrected chi connectivity index (χ4v) is 5.15. The Hall–Kier alpha value is -3.20. The van der Waals surface area contributed by atoms with Crippen molar-refractivity contribution in [1.82, 2.24) is 9.62 Å². The molecule has 2 N–H and O–H groups in total. The van der Waals surface area contributed by atoms with E-state index in [4.69, 9.17) is 4.42 Å². The third kappa shape index (κ3) is 7.39. The summed E-state index contributed by atoms with van der Waals surface area (Å²) in [6.07, 6.45) is 7.13. The van der Waals surface area contributed by atoms with E-state index in [2.05, 4.69) is 34.0 Å². The van der Waals surface area contributed by atoms with Gasteiger partial charge in [-0.2, -0.15) is 0 Å². The Balaban J connectivity index is 1.27. The van der Waals surface area contributed by atoms with Gasteiger partial charge in [0.1, 0.15) is 5.76 Å². The molecule has 0 bridgehead atoms. The van der Waals surface area contributed by atoms with Crippen LogP contribution < -0.4 is 10.0 Å². The Morgan fingerprint density at radius 1 is 1.11 bits per heavy atom. The number of rotatable bonds is 9. The molecule has 1 unspecified atom stereocenters. The van der Waals surface area contributed by atoms with Crippen LogP contribution in [0.25, 0.3) is 6.08 Å². The summed E-state index contributed by atoms with van der Waals surface area (Å²) in [6.45, 7) is 5.59. The third-order valence-electron chi connectivity index (χ3n) is 6.00. The second-order valence-corrected chi connectivity index (χ2v) is 10.7. The van der Waals surface area contributed by atoms with Crippen LogP contribution in [0.15, 0.2) is 82.3 Å². The largest absolute Gasteiger partial charge is 0.468 e. The Kier molecular flexibility index (Phi) is 8.17. The Morgan fingerprint density at radius 3 is 2.57 bits per heavy atom. The van der Waals surface area contributed by atoms with Crippen molar-refractivity contribution in [2.24, 2.45) is 5.92 Å². The molecule has 3 aromatic rings. The molecule has 1 aromatic heterocycles. The lowest BCUT2D eigenvalue weighted by Crippen LogP contribution is -2.33. The number of sulfonamides is 1. The molecule has 1 aliphatic heterocycles. The second kappa shape index (κ2) is 11.5. The number of anilines is 1. The van der Waals surface area contributed by atoms with Gasteiger partial charge in [0, 0.05) is 24.9 Å². The van der Waals surface area contributed by atoms with Crippen molar-refractivity contribution >= 4 is 27.7 Å². The van der Waals surface area contributed by atoms with Crippen molar-refractivity contribution in [2.45, 2.75) is 37.8 Å². The molecule has 0 aliphatic carbocycles. The SMILES string of the molecule is CC1CCCN(Cc2ccc(NC(=O)C=Cc3ccc(S(=O)(=O)NCc4ccco4)cc3)cc2)C1. The van der Waals surface area contributed by atoms with Gasteiger partial charge in [-0.05, 0) is 78.9 Å². The molecular weight excluding hydrogens is 462 g/mol. The highest BCUT2D eigenvalue weighted by molar-refractivity contribution is 7.89. The Bertz CT molecular complexity index is 1230. The first-order valence-electron chi connectivity index (χ1n) is 11.8. The molecule has 0 saturated carbocycles.